The van der Waals surface area contributed by atoms with Crippen LogP contribution in [-0.2, 0) is 49.9 Å². The van der Waals surface area contributed by atoms with Gasteiger partial charge in [-0.2, -0.15) is 0 Å². The molecule has 0 aliphatic carbocycles. The second-order valence-electron chi connectivity index (χ2n) is 10.1. The molecule has 4 aromatic carbocycles. The number of benzene rings is 4. The number of hydrogen-bond acceptors (Lipinski definition) is 4. The van der Waals surface area contributed by atoms with Crippen LogP contribution in [0, 0.1) is 0 Å². The van der Waals surface area contributed by atoms with E-state index < -0.39 is 0 Å². The molecule has 0 aliphatic heterocycles. The molecule has 0 bridgehead atoms. The molecule has 4 aromatic rings. The second kappa shape index (κ2) is 20.5. The normalized spacial score (nSPS) is 10.3. The molecule has 0 aliphatic rings. The zero-order chi connectivity index (χ0) is 28.3. The topological polar surface area (TPSA) is 80.9 Å². The van der Waals surface area contributed by atoms with Crippen molar-refractivity contribution in [2.45, 2.75) is 51.7 Å². The van der Waals surface area contributed by atoms with Crippen LogP contribution in [0.4, 0.5) is 0 Å². The van der Waals surface area contributed by atoms with Gasteiger partial charge in [0.05, 0.1) is 26.4 Å². The van der Waals surface area contributed by atoms with Crippen molar-refractivity contribution in [2.24, 2.45) is 0 Å². The van der Waals surface area contributed by atoms with E-state index in [1.54, 1.807) is 0 Å². The fraction of sp³-hybridized carbons (Fsp3) is 0.294. The third-order valence-corrected chi connectivity index (χ3v) is 5.95. The molecule has 0 aromatic heterocycles. The summed E-state index contributed by atoms with van der Waals surface area (Å²) in [6.07, 6.45) is 0. The molecule has 0 unspecified atom stereocenters. The Morgan fingerprint density at radius 2 is 0.641 bits per heavy atom. The van der Waals surface area contributed by atoms with Gasteiger partial charge < -0.3 is 20.4 Å². The molecule has 0 heterocycles. The van der Waals surface area contributed by atoms with E-state index in [2.05, 4.69) is 0 Å². The van der Waals surface area contributed by atoms with E-state index in [0.717, 1.165) is 11.1 Å². The minimum absolute atomic E-state index is 0. The molecule has 5 heteroatoms. The van der Waals surface area contributed by atoms with Crippen LogP contribution in [0.25, 0.3) is 0 Å². The summed E-state index contributed by atoms with van der Waals surface area (Å²) in [5.41, 5.74) is 4.08. The van der Waals surface area contributed by atoms with Crippen LogP contribution in [0.2, 0.25) is 0 Å². The molecular weight excluding hydrogens is 651 g/mol. The van der Waals surface area contributed by atoms with Gasteiger partial charge in [0.15, 0.2) is 0 Å². The van der Waals surface area contributed by atoms with Crippen LogP contribution in [0.15, 0.2) is 121 Å². The van der Waals surface area contributed by atoms with Gasteiger partial charge in [-0.25, -0.2) is 0 Å². The molecule has 4 N–H and O–H groups in total. The maximum atomic E-state index is 9.05. The van der Waals surface area contributed by atoms with Crippen LogP contribution in [-0.4, -0.2) is 33.6 Å². The van der Waals surface area contributed by atoms with Crippen molar-refractivity contribution in [2.75, 3.05) is 13.2 Å². The van der Waals surface area contributed by atoms with Crippen molar-refractivity contribution >= 4 is 0 Å². The van der Waals surface area contributed by atoms with Crippen molar-refractivity contribution in [3.05, 3.63) is 144 Å². The maximum absolute atomic E-state index is 9.05. The van der Waals surface area contributed by atoms with Gasteiger partial charge >= 0.3 is 0 Å². The van der Waals surface area contributed by atoms with Gasteiger partial charge in [0.2, 0.25) is 0 Å². The number of aliphatic hydroxyl groups excluding tert-OH is 4. The van der Waals surface area contributed by atoms with Gasteiger partial charge in [-0.15, -0.1) is 0 Å². The summed E-state index contributed by atoms with van der Waals surface area (Å²) in [6, 6.07) is 39.1. The Bertz CT molecular complexity index is 996. The summed E-state index contributed by atoms with van der Waals surface area (Å²) in [6.45, 7) is 8.78. The number of aliphatic hydroxyl groups is 4. The second-order valence-corrected chi connectivity index (χ2v) is 10.1. The SMILES string of the molecule is CC(C)(CO)c1ccccc1.CC(C)(CO)c1ccccc1.OCc1ccccc1.OCc1ccccc1.[Hf]. The molecule has 0 fully saturated rings. The zero-order valence-electron chi connectivity index (χ0n) is 23.7. The predicted octanol–water partition coefficient (Wildman–Crippen LogP) is 6.27. The number of rotatable bonds is 6. The molecule has 4 nitrogen and oxygen atoms in total. The van der Waals surface area contributed by atoms with Crippen LogP contribution in [0.3, 0.4) is 0 Å². The maximum Gasteiger partial charge on any atom is 0.0681 e. The van der Waals surface area contributed by atoms with Crippen molar-refractivity contribution in [1.29, 1.82) is 0 Å². The Kier molecular flexibility index (Phi) is 19.2. The van der Waals surface area contributed by atoms with Gasteiger partial charge in [0.1, 0.15) is 0 Å². The van der Waals surface area contributed by atoms with Crippen LogP contribution >= 0.6 is 0 Å². The van der Waals surface area contributed by atoms with Crippen molar-refractivity contribution in [3.63, 3.8) is 0 Å². The zero-order valence-corrected chi connectivity index (χ0v) is 27.3. The Hall–Kier alpha value is -2.41. The Balaban J connectivity index is 0.000000495. The van der Waals surface area contributed by atoms with Crippen LogP contribution < -0.4 is 0 Å². The average molecular weight is 695 g/mol. The first-order chi connectivity index (χ1) is 18.2. The van der Waals surface area contributed by atoms with Crippen molar-refractivity contribution in [1.82, 2.24) is 0 Å². The molecule has 4 rings (SSSR count). The summed E-state index contributed by atoms with van der Waals surface area (Å²) in [4.78, 5) is 0. The average Bonchev–Trinajstić information content (AvgIpc) is 3.00. The molecule has 0 radical (unpaired) electrons. The van der Waals surface area contributed by atoms with Crippen LogP contribution in [0.1, 0.15) is 49.9 Å². The minimum Gasteiger partial charge on any atom is -0.395 e. The minimum atomic E-state index is -0.110. The smallest absolute Gasteiger partial charge is 0.0681 e. The van der Waals surface area contributed by atoms with Crippen molar-refractivity contribution < 1.29 is 46.3 Å². The van der Waals surface area contributed by atoms with Gasteiger partial charge in [-0.1, -0.05) is 149 Å². The van der Waals surface area contributed by atoms with E-state index in [0.29, 0.717) is 0 Å². The Morgan fingerprint density at radius 1 is 0.410 bits per heavy atom. The summed E-state index contributed by atoms with van der Waals surface area (Å²) < 4.78 is 0. The molecule has 0 amide bonds. The summed E-state index contributed by atoms with van der Waals surface area (Å²) in [7, 11) is 0. The molecule has 39 heavy (non-hydrogen) atoms. The summed E-state index contributed by atoms with van der Waals surface area (Å²) in [5.74, 6) is 0. The summed E-state index contributed by atoms with van der Waals surface area (Å²) >= 11 is 0. The molecule has 0 spiro atoms. The third-order valence-electron chi connectivity index (χ3n) is 5.95. The van der Waals surface area contributed by atoms with Gasteiger partial charge in [-0.3, -0.25) is 0 Å². The Morgan fingerprint density at radius 3 is 0.821 bits per heavy atom. The van der Waals surface area contributed by atoms with E-state index in [9.17, 15) is 0 Å². The monoisotopic (exact) mass is 696 g/mol. The molecule has 0 saturated carbocycles. The molecule has 0 atom stereocenters. The van der Waals surface area contributed by atoms with Crippen LogP contribution in [0.5, 0.6) is 0 Å². The van der Waals surface area contributed by atoms with E-state index in [1.165, 1.54) is 11.1 Å². The fourth-order valence-corrected chi connectivity index (χ4v) is 3.13. The predicted molar refractivity (Wildman–Crippen MR) is 158 cm³/mol. The molecule has 0 saturated heterocycles. The fourth-order valence-electron chi connectivity index (χ4n) is 3.13. The first-order valence-corrected chi connectivity index (χ1v) is 12.8. The standard InChI is InChI=1S/2C10H14O.2C7H8O.Hf/c2*1-10(2,8-11)9-6-4-3-5-7-9;2*8-6-7-4-2-1-3-5-7;/h2*3-7,11H,8H2,1-2H3;2*1-5,8H,6H2;. The quantitative estimate of drug-likeness (QED) is 0.180. The van der Waals surface area contributed by atoms with E-state index >= 15 is 0 Å². The van der Waals surface area contributed by atoms with E-state index in [-0.39, 0.29) is 63.1 Å². The van der Waals surface area contributed by atoms with E-state index in [4.69, 9.17) is 20.4 Å². The van der Waals surface area contributed by atoms with Gasteiger partial charge in [0.25, 0.3) is 0 Å². The largest absolute Gasteiger partial charge is 0.395 e. The van der Waals surface area contributed by atoms with Gasteiger partial charge in [-0.05, 0) is 22.3 Å². The first-order valence-electron chi connectivity index (χ1n) is 12.8. The third kappa shape index (κ3) is 15.1. The molecular formula is C34H44HfO4. The van der Waals surface area contributed by atoms with Crippen molar-refractivity contribution in [3.8, 4) is 0 Å². The number of hydrogen-bond donors (Lipinski definition) is 4. The van der Waals surface area contributed by atoms with Gasteiger partial charge in [0, 0.05) is 36.7 Å². The Labute approximate surface area is 253 Å². The summed E-state index contributed by atoms with van der Waals surface area (Å²) in [5, 5.41) is 35.2. The van der Waals surface area contributed by atoms with E-state index in [1.807, 2.05) is 149 Å². The first kappa shape index (κ1) is 36.6. The molecule has 208 valence electrons.